The first kappa shape index (κ1) is 31.6. The molecule has 4 heterocycles. The Morgan fingerprint density at radius 2 is 2.00 bits per heavy atom. The summed E-state index contributed by atoms with van der Waals surface area (Å²) in [7, 11) is 5.48. The molecule has 2 aromatic carbocycles. The summed E-state index contributed by atoms with van der Waals surface area (Å²) in [6.07, 6.45) is 3.94. The summed E-state index contributed by atoms with van der Waals surface area (Å²) < 4.78 is 43.4. The smallest absolute Gasteiger partial charge is 0.319 e. The van der Waals surface area contributed by atoms with Gasteiger partial charge >= 0.3 is 6.01 Å². The number of anilines is 2. The maximum atomic E-state index is 16.8. The minimum absolute atomic E-state index is 0.0172. The van der Waals surface area contributed by atoms with Crippen molar-refractivity contribution in [2.45, 2.75) is 37.4 Å². The number of ether oxygens (including phenoxy) is 2. The Labute approximate surface area is 269 Å². The van der Waals surface area contributed by atoms with E-state index in [9.17, 15) is 14.4 Å². The molecule has 3 atom stereocenters. The van der Waals surface area contributed by atoms with Gasteiger partial charge in [0.2, 0.25) is 5.91 Å². The number of methoxy groups -OCH3 is 1. The van der Waals surface area contributed by atoms with Gasteiger partial charge in [-0.05, 0) is 56.6 Å². The van der Waals surface area contributed by atoms with Crippen molar-refractivity contribution in [2.24, 2.45) is 0 Å². The molecular weight excluding hydrogens is 612 g/mol. The standard InChI is InChI=1S/C33H35F2N7O3S/c1-5-26(43)42-14-12-24(25(42)17-44-4)41(3)32-21-9-8-20(19-10-11-23(34)30-27(19)22(15-36)31(37)46-30)28(35)29(21)38-33(39-32)45-16-18-7-6-13-40(18)2/h5,8-11,18,24-25H,1,6-7,12-14,16-17,37H2,2-4H3. The number of halogens is 2. The van der Waals surface area contributed by atoms with Gasteiger partial charge in [0.25, 0.3) is 0 Å². The van der Waals surface area contributed by atoms with Gasteiger partial charge in [0, 0.05) is 43.1 Å². The van der Waals surface area contributed by atoms with Crippen LogP contribution in [0.15, 0.2) is 36.9 Å². The number of nitrogens with two attached hydrogens (primary N) is 1. The zero-order chi connectivity index (χ0) is 32.7. The molecule has 1 amide bonds. The fourth-order valence-corrected chi connectivity index (χ4v) is 7.71. The lowest BCUT2D eigenvalue weighted by molar-refractivity contribution is -0.127. The van der Waals surface area contributed by atoms with Crippen LogP contribution in [0.3, 0.4) is 0 Å². The molecule has 0 radical (unpaired) electrons. The molecule has 10 nitrogen and oxygen atoms in total. The van der Waals surface area contributed by atoms with Crippen LogP contribution in [-0.4, -0.2) is 91.3 Å². The fourth-order valence-electron chi connectivity index (χ4n) is 6.76. The highest BCUT2D eigenvalue weighted by atomic mass is 32.1. The first-order valence-corrected chi connectivity index (χ1v) is 15.9. The summed E-state index contributed by atoms with van der Waals surface area (Å²) in [5.74, 6) is -0.960. The van der Waals surface area contributed by atoms with Gasteiger partial charge in [-0.1, -0.05) is 18.7 Å². The normalized spacial score (nSPS) is 20.0. The van der Waals surface area contributed by atoms with Crippen LogP contribution in [0, 0.1) is 23.0 Å². The zero-order valence-electron chi connectivity index (χ0n) is 25.9. The van der Waals surface area contributed by atoms with Crippen molar-refractivity contribution in [3.63, 3.8) is 0 Å². The number of hydrogen-bond donors (Lipinski definition) is 1. The van der Waals surface area contributed by atoms with Crippen LogP contribution in [0.5, 0.6) is 6.01 Å². The minimum atomic E-state index is -0.665. The third-order valence-electron chi connectivity index (χ3n) is 9.20. The monoisotopic (exact) mass is 647 g/mol. The number of likely N-dealkylation sites (N-methyl/N-ethyl adjacent to an activating group) is 2. The van der Waals surface area contributed by atoms with E-state index in [1.807, 2.05) is 25.1 Å². The molecule has 2 aliphatic rings. The highest BCUT2D eigenvalue weighted by molar-refractivity contribution is 7.23. The number of hydrogen-bond acceptors (Lipinski definition) is 10. The van der Waals surface area contributed by atoms with Crippen LogP contribution in [0.1, 0.15) is 24.8 Å². The number of nitrogens with zero attached hydrogens (tertiary/aromatic N) is 6. The number of carbonyl (C=O) groups is 1. The summed E-state index contributed by atoms with van der Waals surface area (Å²) in [4.78, 5) is 27.9. The predicted octanol–water partition coefficient (Wildman–Crippen LogP) is 4.95. The van der Waals surface area contributed by atoms with Gasteiger partial charge in [-0.15, -0.1) is 11.3 Å². The van der Waals surface area contributed by atoms with Gasteiger partial charge in [-0.3, -0.25) is 4.79 Å². The van der Waals surface area contributed by atoms with Crippen molar-refractivity contribution >= 4 is 49.1 Å². The molecule has 2 fully saturated rings. The molecule has 0 spiro atoms. The van der Waals surface area contributed by atoms with Crippen LogP contribution < -0.4 is 15.4 Å². The summed E-state index contributed by atoms with van der Waals surface area (Å²) in [6.45, 7) is 5.73. The highest BCUT2D eigenvalue weighted by Crippen LogP contribution is 2.43. The van der Waals surface area contributed by atoms with Crippen molar-refractivity contribution in [2.75, 3.05) is 58.1 Å². The van der Waals surface area contributed by atoms with Crippen molar-refractivity contribution in [1.29, 1.82) is 5.26 Å². The predicted molar refractivity (Wildman–Crippen MR) is 175 cm³/mol. The lowest BCUT2D eigenvalue weighted by Crippen LogP contribution is -2.48. The Morgan fingerprint density at radius 3 is 2.70 bits per heavy atom. The topological polar surface area (TPSA) is 121 Å². The van der Waals surface area contributed by atoms with Crippen molar-refractivity contribution in [3.8, 4) is 23.2 Å². The van der Waals surface area contributed by atoms with E-state index in [4.69, 9.17) is 20.2 Å². The lowest BCUT2D eigenvalue weighted by Gasteiger charge is -2.33. The quantitative estimate of drug-likeness (QED) is 0.252. The zero-order valence-corrected chi connectivity index (χ0v) is 26.7. The average Bonchev–Trinajstić information content (AvgIpc) is 3.76. The van der Waals surface area contributed by atoms with Crippen molar-refractivity contribution < 1.29 is 23.0 Å². The molecule has 13 heteroatoms. The number of thiophene rings is 1. The first-order valence-electron chi connectivity index (χ1n) is 15.1. The maximum absolute atomic E-state index is 16.8. The van der Waals surface area contributed by atoms with Gasteiger partial charge in [0.05, 0.1) is 29.0 Å². The number of benzene rings is 2. The van der Waals surface area contributed by atoms with Crippen LogP contribution in [0.4, 0.5) is 19.6 Å². The third kappa shape index (κ3) is 5.40. The molecule has 6 rings (SSSR count). The average molecular weight is 648 g/mol. The summed E-state index contributed by atoms with van der Waals surface area (Å²) in [6, 6.07) is 7.75. The molecule has 0 aliphatic carbocycles. The van der Waals surface area contributed by atoms with E-state index in [1.165, 1.54) is 18.2 Å². The molecule has 3 unspecified atom stereocenters. The van der Waals surface area contributed by atoms with E-state index < -0.39 is 11.6 Å². The number of likely N-dealkylation sites (tertiary alicyclic amines) is 2. The first-order chi connectivity index (χ1) is 22.2. The largest absolute Gasteiger partial charge is 0.462 e. The number of amides is 1. The summed E-state index contributed by atoms with van der Waals surface area (Å²) in [5.41, 5.74) is 6.65. The van der Waals surface area contributed by atoms with E-state index in [-0.39, 0.29) is 61.8 Å². The molecule has 2 saturated heterocycles. The van der Waals surface area contributed by atoms with Gasteiger partial charge in [-0.2, -0.15) is 15.2 Å². The Balaban J connectivity index is 1.49. The molecule has 240 valence electrons. The SMILES string of the molecule is C=CC(=O)N1CCC(N(C)c2nc(OCC3CCCN3C)nc3c(F)c(-c4ccc(F)c5sc(N)c(C#N)c45)ccc23)C1COC. The number of fused-ring (bicyclic) bond motifs is 2. The number of rotatable bonds is 9. The van der Waals surface area contributed by atoms with Crippen LogP contribution in [0.2, 0.25) is 0 Å². The van der Waals surface area contributed by atoms with Gasteiger partial charge < -0.3 is 29.9 Å². The van der Waals surface area contributed by atoms with Crippen molar-refractivity contribution in [1.82, 2.24) is 19.8 Å². The second kappa shape index (κ2) is 12.8. The molecule has 2 aliphatic heterocycles. The molecule has 2 N–H and O–H groups in total. The molecular formula is C33H35F2N7O3S. The van der Waals surface area contributed by atoms with Crippen LogP contribution >= 0.6 is 11.3 Å². The maximum Gasteiger partial charge on any atom is 0.319 e. The third-order valence-corrected chi connectivity index (χ3v) is 10.2. The van der Waals surface area contributed by atoms with E-state index >= 15 is 4.39 Å². The second-order valence-electron chi connectivity index (χ2n) is 11.7. The fraction of sp³-hybridized carbons (Fsp3) is 0.394. The van der Waals surface area contributed by atoms with E-state index in [0.29, 0.717) is 42.9 Å². The van der Waals surface area contributed by atoms with E-state index in [1.54, 1.807) is 24.1 Å². The van der Waals surface area contributed by atoms with E-state index in [0.717, 1.165) is 30.7 Å². The van der Waals surface area contributed by atoms with Gasteiger partial charge in [0.1, 0.15) is 34.8 Å². The van der Waals surface area contributed by atoms with Crippen LogP contribution in [-0.2, 0) is 9.53 Å². The Bertz CT molecular complexity index is 1880. The van der Waals surface area contributed by atoms with E-state index in [2.05, 4.69) is 16.5 Å². The Kier molecular flexibility index (Phi) is 8.78. The molecule has 0 bridgehead atoms. The minimum Gasteiger partial charge on any atom is -0.462 e. The Morgan fingerprint density at radius 1 is 1.22 bits per heavy atom. The highest BCUT2D eigenvalue weighted by Gasteiger charge is 2.39. The lowest BCUT2D eigenvalue weighted by atomic mass is 9.97. The second-order valence-corrected chi connectivity index (χ2v) is 12.8. The molecule has 2 aromatic heterocycles. The van der Waals surface area contributed by atoms with Gasteiger partial charge in [0.15, 0.2) is 5.82 Å². The molecule has 0 saturated carbocycles. The van der Waals surface area contributed by atoms with Crippen molar-refractivity contribution in [3.05, 3.63) is 54.1 Å². The number of nitriles is 1. The number of aromatic nitrogens is 2. The molecule has 46 heavy (non-hydrogen) atoms. The van der Waals surface area contributed by atoms with Crippen LogP contribution in [0.25, 0.3) is 32.1 Å². The van der Waals surface area contributed by atoms with Gasteiger partial charge in [-0.25, -0.2) is 8.78 Å². The Hall–Kier alpha value is -4.38. The molecule has 4 aromatic rings. The number of carbonyl (C=O) groups excluding carboxylic acids is 1. The summed E-state index contributed by atoms with van der Waals surface area (Å²) >= 11 is 0.955. The summed E-state index contributed by atoms with van der Waals surface area (Å²) in [5, 5.41) is 10.7. The number of nitrogen functional groups attached to an aromatic ring is 1.